The normalized spacial score (nSPS) is 20.6. The minimum absolute atomic E-state index is 0.250. The van der Waals surface area contributed by atoms with Crippen LogP contribution in [-0.2, 0) is 16.1 Å². The average Bonchev–Trinajstić information content (AvgIpc) is 3.39. The van der Waals surface area contributed by atoms with E-state index in [-0.39, 0.29) is 23.9 Å². The molecule has 3 N–H and O–H groups in total. The number of nitrogens with zero attached hydrogens (tertiary/aromatic N) is 2. The van der Waals surface area contributed by atoms with Crippen LogP contribution in [-0.4, -0.2) is 71.9 Å². The highest BCUT2D eigenvalue weighted by molar-refractivity contribution is 5.89. The standard InChI is InChI=1S/C22H23F2N3O10/c1-32-12-7-10-6-11(36-15(10)17(34-3)16(12)33-2)9-35-21(31)26-14-4-5-27(20(30)25-14)19-22(23,24)18(29)13(8-28)37-19/h4-7,13,18-19,28-29H,8-9H2,1-3H3,(H,25,26,30,31)/t13-,18-,19-/m1/s1. The molecule has 1 aliphatic rings. The number of nitrogens with one attached hydrogen (secondary N) is 1. The molecule has 13 nitrogen and oxygen atoms in total. The Kier molecular flexibility index (Phi) is 7.20. The Hall–Kier alpha value is -3.95. The van der Waals surface area contributed by atoms with Gasteiger partial charge in [0, 0.05) is 11.6 Å². The predicted molar refractivity (Wildman–Crippen MR) is 120 cm³/mol. The molecule has 1 aliphatic heterocycles. The van der Waals surface area contributed by atoms with Crippen molar-refractivity contribution in [1.29, 1.82) is 0 Å². The van der Waals surface area contributed by atoms with Gasteiger partial charge in [-0.15, -0.1) is 0 Å². The number of carbonyl (C=O) groups excluding carboxylic acids is 1. The lowest BCUT2D eigenvalue weighted by atomic mass is 10.1. The number of rotatable bonds is 8. The lowest BCUT2D eigenvalue weighted by Crippen LogP contribution is -2.41. The van der Waals surface area contributed by atoms with Gasteiger partial charge in [-0.2, -0.15) is 13.8 Å². The fraction of sp³-hybridized carbons (Fsp3) is 0.409. The summed E-state index contributed by atoms with van der Waals surface area (Å²) < 4.78 is 60.7. The number of hydrogen-bond donors (Lipinski definition) is 3. The first kappa shape index (κ1) is 26.1. The predicted octanol–water partition coefficient (Wildman–Crippen LogP) is 1.65. The van der Waals surface area contributed by atoms with E-state index in [0.29, 0.717) is 27.0 Å². The number of benzene rings is 1. The van der Waals surface area contributed by atoms with Gasteiger partial charge in [0.1, 0.15) is 17.7 Å². The number of fused-ring (bicyclic) bond motifs is 1. The van der Waals surface area contributed by atoms with Gasteiger partial charge >= 0.3 is 17.7 Å². The molecule has 3 heterocycles. The van der Waals surface area contributed by atoms with Crippen LogP contribution < -0.4 is 25.2 Å². The van der Waals surface area contributed by atoms with Crippen LogP contribution in [0.3, 0.4) is 0 Å². The van der Waals surface area contributed by atoms with Crippen LogP contribution in [0.5, 0.6) is 17.2 Å². The molecule has 0 spiro atoms. The van der Waals surface area contributed by atoms with Gasteiger partial charge in [-0.1, -0.05) is 0 Å². The number of carbonyl (C=O) groups is 1. The lowest BCUT2D eigenvalue weighted by molar-refractivity contribution is -0.140. The number of hydrogen-bond acceptors (Lipinski definition) is 11. The van der Waals surface area contributed by atoms with Gasteiger partial charge in [0.15, 0.2) is 24.0 Å². The maximum atomic E-state index is 14.3. The van der Waals surface area contributed by atoms with E-state index in [1.807, 2.05) is 0 Å². The molecular weight excluding hydrogens is 504 g/mol. The van der Waals surface area contributed by atoms with Crippen molar-refractivity contribution in [1.82, 2.24) is 9.55 Å². The number of alkyl halides is 2. The third-order valence-electron chi connectivity index (χ3n) is 5.58. The molecule has 0 bridgehead atoms. The average molecular weight is 527 g/mol. The highest BCUT2D eigenvalue weighted by Crippen LogP contribution is 2.44. The molecule has 2 aromatic heterocycles. The first-order valence-corrected chi connectivity index (χ1v) is 10.7. The molecule has 1 fully saturated rings. The zero-order valence-electron chi connectivity index (χ0n) is 19.8. The van der Waals surface area contributed by atoms with E-state index < -0.39 is 42.7 Å². The van der Waals surface area contributed by atoms with Crippen LogP contribution in [0.1, 0.15) is 12.0 Å². The second-order valence-electron chi connectivity index (χ2n) is 7.81. The number of aliphatic hydroxyl groups excluding tert-OH is 2. The molecule has 200 valence electrons. The lowest BCUT2D eigenvalue weighted by Gasteiger charge is -2.21. The summed E-state index contributed by atoms with van der Waals surface area (Å²) in [5.74, 6) is -2.89. The number of furan rings is 1. The largest absolute Gasteiger partial charge is 0.493 e. The topological polar surface area (TPSA) is 164 Å². The number of halogens is 2. The van der Waals surface area contributed by atoms with Crippen LogP contribution in [0.4, 0.5) is 19.4 Å². The molecule has 3 aromatic rings. The molecule has 1 amide bonds. The molecule has 0 unspecified atom stereocenters. The van der Waals surface area contributed by atoms with Crippen molar-refractivity contribution in [2.75, 3.05) is 33.3 Å². The van der Waals surface area contributed by atoms with Crippen LogP contribution in [0.2, 0.25) is 0 Å². The zero-order chi connectivity index (χ0) is 26.9. The summed E-state index contributed by atoms with van der Waals surface area (Å²) in [4.78, 5) is 28.0. The Morgan fingerprint density at radius 2 is 1.95 bits per heavy atom. The first-order chi connectivity index (χ1) is 17.6. The molecular formula is C22H23F2N3O10. The maximum absolute atomic E-state index is 14.3. The Labute approximate surface area is 207 Å². The van der Waals surface area contributed by atoms with Crippen molar-refractivity contribution >= 4 is 22.9 Å². The maximum Gasteiger partial charge on any atom is 0.413 e. The van der Waals surface area contributed by atoms with Gasteiger partial charge in [0.05, 0.1) is 27.9 Å². The van der Waals surface area contributed by atoms with Crippen molar-refractivity contribution in [2.24, 2.45) is 0 Å². The van der Waals surface area contributed by atoms with E-state index in [4.69, 9.17) is 33.2 Å². The fourth-order valence-corrected chi connectivity index (χ4v) is 3.82. The minimum atomic E-state index is -3.87. The zero-order valence-corrected chi connectivity index (χ0v) is 19.8. The van der Waals surface area contributed by atoms with Crippen LogP contribution >= 0.6 is 0 Å². The Morgan fingerprint density at radius 1 is 1.22 bits per heavy atom. The van der Waals surface area contributed by atoms with Crippen LogP contribution in [0.25, 0.3) is 11.0 Å². The summed E-state index contributed by atoms with van der Waals surface area (Å²) in [6.07, 6.45) is -6.20. The summed E-state index contributed by atoms with van der Waals surface area (Å²) in [5, 5.41) is 21.5. The summed E-state index contributed by atoms with van der Waals surface area (Å²) in [6, 6.07) is 4.32. The minimum Gasteiger partial charge on any atom is -0.493 e. The molecule has 37 heavy (non-hydrogen) atoms. The molecule has 15 heteroatoms. The van der Waals surface area contributed by atoms with E-state index in [2.05, 4.69) is 10.3 Å². The second kappa shape index (κ2) is 10.2. The van der Waals surface area contributed by atoms with E-state index in [9.17, 15) is 23.5 Å². The molecule has 1 saturated heterocycles. The Morgan fingerprint density at radius 3 is 2.54 bits per heavy atom. The Bertz CT molecular complexity index is 1360. The number of aromatic nitrogens is 2. The van der Waals surface area contributed by atoms with E-state index >= 15 is 0 Å². The molecule has 0 saturated carbocycles. The van der Waals surface area contributed by atoms with Gasteiger partial charge in [0.2, 0.25) is 17.7 Å². The third kappa shape index (κ3) is 4.75. The van der Waals surface area contributed by atoms with Gasteiger partial charge in [0.25, 0.3) is 0 Å². The molecule has 0 aliphatic carbocycles. The third-order valence-corrected chi connectivity index (χ3v) is 5.58. The summed E-state index contributed by atoms with van der Waals surface area (Å²) in [5.41, 5.74) is -0.857. The molecule has 1 aromatic carbocycles. The van der Waals surface area contributed by atoms with E-state index in [0.717, 1.165) is 12.3 Å². The van der Waals surface area contributed by atoms with Crippen molar-refractivity contribution < 1.29 is 51.9 Å². The van der Waals surface area contributed by atoms with Gasteiger partial charge in [-0.25, -0.2) is 9.59 Å². The number of ether oxygens (including phenoxy) is 5. The summed E-state index contributed by atoms with van der Waals surface area (Å²) in [7, 11) is 4.33. The van der Waals surface area contributed by atoms with Gasteiger partial charge < -0.3 is 38.3 Å². The van der Waals surface area contributed by atoms with Crippen LogP contribution in [0, 0.1) is 0 Å². The van der Waals surface area contributed by atoms with Gasteiger partial charge in [-0.05, 0) is 18.2 Å². The fourth-order valence-electron chi connectivity index (χ4n) is 3.82. The molecule has 4 rings (SSSR count). The highest BCUT2D eigenvalue weighted by atomic mass is 19.3. The monoisotopic (exact) mass is 527 g/mol. The number of aliphatic hydroxyl groups is 2. The number of amides is 1. The van der Waals surface area contributed by atoms with Crippen molar-refractivity contribution in [3.05, 3.63) is 40.6 Å². The van der Waals surface area contributed by atoms with Crippen LogP contribution in [0.15, 0.2) is 33.6 Å². The van der Waals surface area contributed by atoms with Crippen molar-refractivity contribution in [3.8, 4) is 17.2 Å². The number of methoxy groups -OCH3 is 3. The molecule has 0 radical (unpaired) electrons. The number of anilines is 1. The SMILES string of the molecule is COc1cc2cc(COC(=O)Nc3ccn([C@@H]4O[C@H](CO)[C@@H](O)C4(F)F)c(=O)n3)oc2c(OC)c1OC. The van der Waals surface area contributed by atoms with E-state index in [1.54, 1.807) is 12.1 Å². The first-order valence-electron chi connectivity index (χ1n) is 10.7. The smallest absolute Gasteiger partial charge is 0.413 e. The second-order valence-corrected chi connectivity index (χ2v) is 7.81. The quantitative estimate of drug-likeness (QED) is 0.390. The Balaban J connectivity index is 1.44. The highest BCUT2D eigenvalue weighted by Gasteiger charge is 2.59. The van der Waals surface area contributed by atoms with E-state index in [1.165, 1.54) is 21.3 Å². The summed E-state index contributed by atoms with van der Waals surface area (Å²) in [6.45, 7) is -1.19. The molecule has 3 atom stereocenters. The van der Waals surface area contributed by atoms with Crippen molar-refractivity contribution in [2.45, 2.75) is 31.0 Å². The van der Waals surface area contributed by atoms with Crippen molar-refractivity contribution in [3.63, 3.8) is 0 Å². The summed E-state index contributed by atoms with van der Waals surface area (Å²) >= 11 is 0. The van der Waals surface area contributed by atoms with Gasteiger partial charge in [-0.3, -0.25) is 9.88 Å².